The summed E-state index contributed by atoms with van der Waals surface area (Å²) in [6.07, 6.45) is 1.91. The molecular formula is C23H22N2S. The maximum absolute atomic E-state index is 9.59. The van der Waals surface area contributed by atoms with E-state index in [9.17, 15) is 5.26 Å². The van der Waals surface area contributed by atoms with Crippen LogP contribution < -0.4 is 0 Å². The maximum atomic E-state index is 9.59. The minimum absolute atomic E-state index is 0.124. The Morgan fingerprint density at radius 3 is 2.27 bits per heavy atom. The molecule has 0 aliphatic heterocycles. The van der Waals surface area contributed by atoms with Crippen LogP contribution in [0.2, 0.25) is 0 Å². The monoisotopic (exact) mass is 358 g/mol. The van der Waals surface area contributed by atoms with Gasteiger partial charge in [-0.2, -0.15) is 5.26 Å². The van der Waals surface area contributed by atoms with E-state index in [2.05, 4.69) is 87.3 Å². The van der Waals surface area contributed by atoms with Crippen molar-refractivity contribution in [1.82, 2.24) is 4.98 Å². The molecule has 3 heteroatoms. The van der Waals surface area contributed by atoms with Crippen molar-refractivity contribution >= 4 is 23.0 Å². The van der Waals surface area contributed by atoms with Gasteiger partial charge in [0, 0.05) is 10.9 Å². The Hall–Kier alpha value is -2.70. The number of aryl methyl sites for hydroxylation is 1. The second kappa shape index (κ2) is 7.27. The molecule has 3 rings (SSSR count). The fourth-order valence-electron chi connectivity index (χ4n) is 2.64. The summed E-state index contributed by atoms with van der Waals surface area (Å²) in [6, 6.07) is 18.9. The Morgan fingerprint density at radius 1 is 1.04 bits per heavy atom. The first-order valence-corrected chi connectivity index (χ1v) is 9.50. The van der Waals surface area contributed by atoms with E-state index in [4.69, 9.17) is 0 Å². The average Bonchev–Trinajstić information content (AvgIpc) is 3.10. The molecule has 0 fully saturated rings. The summed E-state index contributed by atoms with van der Waals surface area (Å²) in [4.78, 5) is 4.66. The smallest absolute Gasteiger partial charge is 0.134 e. The van der Waals surface area contributed by atoms with Crippen molar-refractivity contribution in [2.24, 2.45) is 0 Å². The van der Waals surface area contributed by atoms with Crippen LogP contribution >= 0.6 is 11.3 Å². The Bertz CT molecular complexity index is 963. The molecule has 130 valence electrons. The summed E-state index contributed by atoms with van der Waals surface area (Å²) in [6.45, 7) is 8.65. The summed E-state index contributed by atoms with van der Waals surface area (Å²) >= 11 is 1.51. The molecule has 0 spiro atoms. The van der Waals surface area contributed by atoms with E-state index < -0.39 is 0 Å². The van der Waals surface area contributed by atoms with E-state index in [1.54, 1.807) is 0 Å². The highest BCUT2D eigenvalue weighted by molar-refractivity contribution is 7.11. The predicted molar refractivity (Wildman–Crippen MR) is 111 cm³/mol. The van der Waals surface area contributed by atoms with Gasteiger partial charge in [0.05, 0.1) is 11.3 Å². The van der Waals surface area contributed by atoms with Gasteiger partial charge in [0.2, 0.25) is 0 Å². The number of benzene rings is 2. The largest absolute Gasteiger partial charge is 0.235 e. The summed E-state index contributed by atoms with van der Waals surface area (Å²) in [5.41, 5.74) is 6.22. The van der Waals surface area contributed by atoms with Gasteiger partial charge >= 0.3 is 0 Å². The number of hydrogen-bond donors (Lipinski definition) is 0. The zero-order valence-electron chi connectivity index (χ0n) is 15.6. The van der Waals surface area contributed by atoms with Crippen molar-refractivity contribution in [2.75, 3.05) is 0 Å². The van der Waals surface area contributed by atoms with Crippen LogP contribution in [-0.2, 0) is 5.41 Å². The minimum Gasteiger partial charge on any atom is -0.235 e. The van der Waals surface area contributed by atoms with E-state index >= 15 is 0 Å². The van der Waals surface area contributed by atoms with Gasteiger partial charge in [-0.1, -0.05) is 74.9 Å². The molecule has 0 saturated heterocycles. The van der Waals surface area contributed by atoms with Gasteiger partial charge in [0.25, 0.3) is 0 Å². The molecule has 0 radical (unpaired) electrons. The molecule has 0 aliphatic carbocycles. The first-order chi connectivity index (χ1) is 12.4. The van der Waals surface area contributed by atoms with Crippen LogP contribution in [-0.4, -0.2) is 4.98 Å². The fraction of sp³-hybridized carbons (Fsp3) is 0.217. The number of nitriles is 1. The molecule has 2 aromatic carbocycles. The Kier molecular flexibility index (Phi) is 5.06. The van der Waals surface area contributed by atoms with Gasteiger partial charge in [-0.15, -0.1) is 11.3 Å². The third kappa shape index (κ3) is 4.09. The quantitative estimate of drug-likeness (QED) is 0.502. The first kappa shape index (κ1) is 18.1. The summed E-state index contributed by atoms with van der Waals surface area (Å²) < 4.78 is 0. The van der Waals surface area contributed by atoms with Crippen molar-refractivity contribution in [3.63, 3.8) is 0 Å². The van der Waals surface area contributed by atoms with Crippen LogP contribution in [0.5, 0.6) is 0 Å². The molecular weight excluding hydrogens is 336 g/mol. The molecule has 1 heterocycles. The van der Waals surface area contributed by atoms with Crippen LogP contribution in [0.3, 0.4) is 0 Å². The molecule has 0 N–H and O–H groups in total. The number of rotatable bonds is 3. The summed E-state index contributed by atoms with van der Waals surface area (Å²) in [5.74, 6) is 0. The molecule has 0 atom stereocenters. The lowest BCUT2D eigenvalue weighted by Crippen LogP contribution is -2.10. The lowest BCUT2D eigenvalue weighted by atomic mass is 9.86. The van der Waals surface area contributed by atoms with E-state index in [0.717, 1.165) is 21.8 Å². The van der Waals surface area contributed by atoms with Crippen LogP contribution in [0.15, 0.2) is 53.9 Å². The summed E-state index contributed by atoms with van der Waals surface area (Å²) in [7, 11) is 0. The zero-order chi connectivity index (χ0) is 18.7. The molecule has 0 unspecified atom stereocenters. The average molecular weight is 359 g/mol. The maximum Gasteiger partial charge on any atom is 0.134 e. The molecule has 0 aliphatic rings. The van der Waals surface area contributed by atoms with Crippen LogP contribution in [0.25, 0.3) is 22.9 Å². The number of hydrogen-bond acceptors (Lipinski definition) is 3. The van der Waals surface area contributed by atoms with Gasteiger partial charge < -0.3 is 0 Å². The number of allylic oxidation sites excluding steroid dienone is 1. The summed E-state index contributed by atoms with van der Waals surface area (Å²) in [5, 5.41) is 12.3. The topological polar surface area (TPSA) is 36.7 Å². The van der Waals surface area contributed by atoms with Gasteiger partial charge in [0.1, 0.15) is 11.1 Å². The molecule has 26 heavy (non-hydrogen) atoms. The van der Waals surface area contributed by atoms with E-state index in [1.165, 1.54) is 22.5 Å². The lowest BCUT2D eigenvalue weighted by Gasteiger charge is -2.18. The van der Waals surface area contributed by atoms with Crippen molar-refractivity contribution in [3.8, 4) is 17.3 Å². The second-order valence-corrected chi connectivity index (χ2v) is 8.30. The highest BCUT2D eigenvalue weighted by atomic mass is 32.1. The van der Waals surface area contributed by atoms with Crippen molar-refractivity contribution in [1.29, 1.82) is 5.26 Å². The van der Waals surface area contributed by atoms with Gasteiger partial charge in [0.15, 0.2) is 0 Å². The van der Waals surface area contributed by atoms with E-state index in [0.29, 0.717) is 5.57 Å². The lowest BCUT2D eigenvalue weighted by molar-refractivity contribution is 0.590. The normalized spacial score (nSPS) is 12.0. The highest BCUT2D eigenvalue weighted by Gasteiger charge is 2.13. The minimum atomic E-state index is 0.124. The predicted octanol–water partition coefficient (Wildman–Crippen LogP) is 6.48. The molecule has 0 amide bonds. The van der Waals surface area contributed by atoms with Crippen LogP contribution in [0.1, 0.15) is 42.5 Å². The molecule has 1 aromatic heterocycles. The van der Waals surface area contributed by atoms with E-state index in [-0.39, 0.29) is 5.41 Å². The Morgan fingerprint density at radius 2 is 1.69 bits per heavy atom. The second-order valence-electron chi connectivity index (χ2n) is 7.45. The fourth-order valence-corrected chi connectivity index (χ4v) is 3.44. The molecule has 3 aromatic rings. The van der Waals surface area contributed by atoms with Crippen molar-refractivity contribution in [3.05, 3.63) is 75.6 Å². The third-order valence-corrected chi connectivity index (χ3v) is 5.17. The van der Waals surface area contributed by atoms with E-state index in [1.807, 2.05) is 11.5 Å². The Labute approximate surface area is 159 Å². The molecule has 2 nitrogen and oxygen atoms in total. The van der Waals surface area contributed by atoms with Crippen LogP contribution in [0.4, 0.5) is 0 Å². The number of thiazole rings is 1. The van der Waals surface area contributed by atoms with Crippen molar-refractivity contribution in [2.45, 2.75) is 33.1 Å². The zero-order valence-corrected chi connectivity index (χ0v) is 16.4. The van der Waals surface area contributed by atoms with Gasteiger partial charge in [-0.3, -0.25) is 0 Å². The van der Waals surface area contributed by atoms with Gasteiger partial charge in [-0.25, -0.2) is 4.98 Å². The third-order valence-electron chi connectivity index (χ3n) is 4.29. The van der Waals surface area contributed by atoms with Gasteiger partial charge in [-0.05, 0) is 29.5 Å². The molecule has 0 saturated carbocycles. The number of aromatic nitrogens is 1. The standard InChI is InChI=1S/C23H22N2S/c1-16-5-9-18(10-6-16)21-15-26-22(25-21)19(14-24)13-17-7-11-20(12-8-17)23(2,3)4/h5-13,15H,1-4H3/b19-13+. The first-order valence-electron chi connectivity index (χ1n) is 8.62. The highest BCUT2D eigenvalue weighted by Crippen LogP contribution is 2.28. The Balaban J connectivity index is 1.88. The SMILES string of the molecule is Cc1ccc(-c2csc(/C(C#N)=C/c3ccc(C(C)(C)C)cc3)n2)cc1. The van der Waals surface area contributed by atoms with Crippen molar-refractivity contribution < 1.29 is 0 Å². The molecule has 0 bridgehead atoms. The number of nitrogens with zero attached hydrogens (tertiary/aromatic N) is 2. The van der Waals surface area contributed by atoms with Crippen LogP contribution in [0, 0.1) is 18.3 Å².